The van der Waals surface area contributed by atoms with Crippen molar-refractivity contribution in [1.29, 1.82) is 0 Å². The van der Waals surface area contributed by atoms with Gasteiger partial charge in [-0.3, -0.25) is 9.59 Å². The molecule has 134 valence electrons. The summed E-state index contributed by atoms with van der Waals surface area (Å²) >= 11 is 5.95. The van der Waals surface area contributed by atoms with Crippen LogP contribution in [0.4, 0.5) is 10.5 Å². The molecule has 25 heavy (non-hydrogen) atoms. The van der Waals surface area contributed by atoms with Crippen LogP contribution in [-0.2, 0) is 9.59 Å². The first-order valence-electron chi connectivity index (χ1n) is 8.21. The van der Waals surface area contributed by atoms with Crippen LogP contribution in [0.5, 0.6) is 0 Å². The van der Waals surface area contributed by atoms with E-state index < -0.39 is 5.41 Å². The van der Waals surface area contributed by atoms with Gasteiger partial charge in [-0.05, 0) is 18.2 Å². The maximum atomic E-state index is 12.7. The first kappa shape index (κ1) is 17.5. The van der Waals surface area contributed by atoms with Crippen molar-refractivity contribution < 1.29 is 14.4 Å². The maximum Gasteiger partial charge on any atom is 0.321 e. The maximum absolute atomic E-state index is 12.7. The average Bonchev–Trinajstić information content (AvgIpc) is 2.78. The van der Waals surface area contributed by atoms with Gasteiger partial charge in [0.15, 0.2) is 0 Å². The normalized spacial score (nSPS) is 23.4. The van der Waals surface area contributed by atoms with Crippen LogP contribution in [-0.4, -0.2) is 60.4 Å². The molecule has 3 rings (SSSR count). The molecule has 2 aliphatic rings. The van der Waals surface area contributed by atoms with Crippen LogP contribution < -0.4 is 10.6 Å². The Hall–Kier alpha value is -2.28. The molecule has 0 saturated carbocycles. The molecular formula is C17H21ClN4O3. The van der Waals surface area contributed by atoms with E-state index in [0.717, 1.165) is 0 Å². The number of nitrogens with zero attached hydrogens (tertiary/aromatic N) is 2. The highest BCUT2D eigenvalue weighted by Gasteiger charge is 2.44. The molecule has 2 fully saturated rings. The van der Waals surface area contributed by atoms with E-state index in [1.54, 1.807) is 34.1 Å². The summed E-state index contributed by atoms with van der Waals surface area (Å²) in [6, 6.07) is 6.68. The van der Waals surface area contributed by atoms with Crippen molar-refractivity contribution in [1.82, 2.24) is 15.1 Å². The molecule has 1 atom stereocenters. The second-order valence-electron chi connectivity index (χ2n) is 6.76. The fourth-order valence-electron chi connectivity index (χ4n) is 3.45. The van der Waals surface area contributed by atoms with Gasteiger partial charge in [0.2, 0.25) is 11.8 Å². The zero-order valence-electron chi connectivity index (χ0n) is 14.0. The number of urea groups is 1. The molecule has 0 aliphatic carbocycles. The highest BCUT2D eigenvalue weighted by atomic mass is 35.5. The number of halogens is 1. The molecule has 7 nitrogen and oxygen atoms in total. The Labute approximate surface area is 151 Å². The molecule has 0 unspecified atom stereocenters. The fourth-order valence-corrected chi connectivity index (χ4v) is 3.64. The minimum Gasteiger partial charge on any atom is -0.355 e. The van der Waals surface area contributed by atoms with E-state index in [1.807, 2.05) is 0 Å². The number of carbonyl (C=O) groups excluding carboxylic acids is 3. The van der Waals surface area contributed by atoms with Crippen LogP contribution in [0, 0.1) is 5.41 Å². The number of hydrogen-bond acceptors (Lipinski definition) is 3. The van der Waals surface area contributed by atoms with Crippen LogP contribution in [0.2, 0.25) is 5.02 Å². The highest BCUT2D eigenvalue weighted by Crippen LogP contribution is 2.31. The van der Waals surface area contributed by atoms with Crippen molar-refractivity contribution in [3.05, 3.63) is 29.3 Å². The molecule has 8 heteroatoms. The molecule has 1 aromatic rings. The Morgan fingerprint density at radius 3 is 2.60 bits per heavy atom. The number of hydrogen-bond donors (Lipinski definition) is 2. The van der Waals surface area contributed by atoms with Crippen molar-refractivity contribution >= 4 is 35.1 Å². The molecule has 1 spiro atoms. The van der Waals surface area contributed by atoms with Gasteiger partial charge >= 0.3 is 6.03 Å². The molecule has 0 aromatic heterocycles. The van der Waals surface area contributed by atoms with Gasteiger partial charge in [0, 0.05) is 62.2 Å². The molecule has 0 bridgehead atoms. The van der Waals surface area contributed by atoms with Crippen molar-refractivity contribution in [2.75, 3.05) is 38.0 Å². The summed E-state index contributed by atoms with van der Waals surface area (Å²) in [5.41, 5.74) is 0.171. The fraction of sp³-hybridized carbons (Fsp3) is 0.471. The monoisotopic (exact) mass is 364 g/mol. The van der Waals surface area contributed by atoms with Gasteiger partial charge in [0.25, 0.3) is 0 Å². The SMILES string of the molecule is CC(=O)N1CCN(C(=O)Nc2cccc(Cl)c2)C[C@@]2(CNC(=O)C2)C1. The lowest BCUT2D eigenvalue weighted by Gasteiger charge is -2.32. The summed E-state index contributed by atoms with van der Waals surface area (Å²) in [7, 11) is 0. The number of benzene rings is 1. The zero-order chi connectivity index (χ0) is 18.0. The third-order valence-corrected chi connectivity index (χ3v) is 4.93. The van der Waals surface area contributed by atoms with Crippen LogP contribution in [0.25, 0.3) is 0 Å². The van der Waals surface area contributed by atoms with Crippen LogP contribution >= 0.6 is 11.6 Å². The Morgan fingerprint density at radius 2 is 1.96 bits per heavy atom. The van der Waals surface area contributed by atoms with E-state index in [-0.39, 0.29) is 17.8 Å². The molecule has 1 aromatic carbocycles. The van der Waals surface area contributed by atoms with E-state index in [4.69, 9.17) is 11.6 Å². The topological polar surface area (TPSA) is 81.8 Å². The number of nitrogens with one attached hydrogen (secondary N) is 2. The molecule has 2 aliphatic heterocycles. The second-order valence-corrected chi connectivity index (χ2v) is 7.19. The summed E-state index contributed by atoms with van der Waals surface area (Å²) in [4.78, 5) is 39.7. The summed E-state index contributed by atoms with van der Waals surface area (Å²) in [5, 5.41) is 6.21. The standard InChI is InChI=1S/C17H21ClN4O3/c1-12(23)21-5-6-22(11-17(10-21)8-15(24)19-9-17)16(25)20-14-4-2-3-13(18)7-14/h2-4,7H,5-6,8-11H2,1H3,(H,19,24)(H,20,25)/t17-/m0/s1. The molecule has 4 amide bonds. The van der Waals surface area contributed by atoms with E-state index in [0.29, 0.717) is 49.9 Å². The van der Waals surface area contributed by atoms with Gasteiger partial charge in [-0.25, -0.2) is 4.79 Å². The zero-order valence-corrected chi connectivity index (χ0v) is 14.8. The third kappa shape index (κ3) is 4.04. The largest absolute Gasteiger partial charge is 0.355 e. The molecule has 0 radical (unpaired) electrons. The summed E-state index contributed by atoms with van der Waals surface area (Å²) in [6.45, 7) is 3.75. The van der Waals surface area contributed by atoms with Crippen molar-refractivity contribution in [2.45, 2.75) is 13.3 Å². The highest BCUT2D eigenvalue weighted by molar-refractivity contribution is 6.30. The Balaban J connectivity index is 1.77. The first-order chi connectivity index (χ1) is 11.9. The number of anilines is 1. The van der Waals surface area contributed by atoms with Crippen LogP contribution in [0.3, 0.4) is 0 Å². The lowest BCUT2D eigenvalue weighted by atomic mass is 9.86. The molecule has 2 heterocycles. The smallest absolute Gasteiger partial charge is 0.321 e. The van der Waals surface area contributed by atoms with Gasteiger partial charge in [-0.1, -0.05) is 17.7 Å². The Morgan fingerprint density at radius 1 is 1.24 bits per heavy atom. The summed E-state index contributed by atoms with van der Waals surface area (Å²) in [6.07, 6.45) is 0.317. The Kier molecular flexibility index (Phi) is 4.85. The first-order valence-corrected chi connectivity index (χ1v) is 8.58. The Bertz CT molecular complexity index is 711. The van der Waals surface area contributed by atoms with Crippen LogP contribution in [0.1, 0.15) is 13.3 Å². The molecule has 2 saturated heterocycles. The predicted molar refractivity (Wildman–Crippen MR) is 94.4 cm³/mol. The predicted octanol–water partition coefficient (Wildman–Crippen LogP) is 1.54. The van der Waals surface area contributed by atoms with E-state index in [9.17, 15) is 14.4 Å². The average molecular weight is 365 g/mol. The van der Waals surface area contributed by atoms with Gasteiger partial charge in [-0.15, -0.1) is 0 Å². The minimum absolute atomic E-state index is 0.0411. The van der Waals surface area contributed by atoms with Gasteiger partial charge in [-0.2, -0.15) is 0 Å². The van der Waals surface area contributed by atoms with Gasteiger partial charge < -0.3 is 20.4 Å². The molecule has 2 N–H and O–H groups in total. The van der Waals surface area contributed by atoms with Crippen molar-refractivity contribution in [3.8, 4) is 0 Å². The van der Waals surface area contributed by atoms with Gasteiger partial charge in [0.1, 0.15) is 0 Å². The summed E-state index contributed by atoms with van der Waals surface area (Å²) in [5.74, 6) is -0.0866. The molecular weight excluding hydrogens is 344 g/mol. The summed E-state index contributed by atoms with van der Waals surface area (Å²) < 4.78 is 0. The minimum atomic E-state index is -0.440. The number of carbonyl (C=O) groups is 3. The van der Waals surface area contributed by atoms with Crippen LogP contribution in [0.15, 0.2) is 24.3 Å². The quantitative estimate of drug-likeness (QED) is 0.793. The van der Waals surface area contributed by atoms with E-state index in [1.165, 1.54) is 6.92 Å². The van der Waals surface area contributed by atoms with E-state index >= 15 is 0 Å². The number of amides is 4. The third-order valence-electron chi connectivity index (χ3n) is 4.70. The van der Waals surface area contributed by atoms with Crippen molar-refractivity contribution in [2.24, 2.45) is 5.41 Å². The lowest BCUT2D eigenvalue weighted by Crippen LogP contribution is -2.45. The second kappa shape index (κ2) is 6.92. The van der Waals surface area contributed by atoms with Crippen molar-refractivity contribution in [3.63, 3.8) is 0 Å². The van der Waals surface area contributed by atoms with E-state index in [2.05, 4.69) is 10.6 Å². The lowest BCUT2D eigenvalue weighted by molar-refractivity contribution is -0.130. The van der Waals surface area contributed by atoms with Gasteiger partial charge in [0.05, 0.1) is 0 Å². The number of rotatable bonds is 1.